The lowest BCUT2D eigenvalue weighted by molar-refractivity contribution is -0.140. The largest absolute Gasteiger partial charge is 0.480 e. The number of hydrogen-bond donors (Lipinski definition) is 2. The third-order valence-corrected chi connectivity index (χ3v) is 1.58. The van der Waals surface area contributed by atoms with Crippen LogP contribution >= 0.6 is 0 Å². The first kappa shape index (κ1) is 10.4. The minimum Gasteiger partial charge on any atom is -0.480 e. The van der Waals surface area contributed by atoms with E-state index in [-0.39, 0.29) is 0 Å². The Bertz CT molecular complexity index is 145. The molecule has 0 saturated heterocycles. The molecule has 4 nitrogen and oxygen atoms in total. The summed E-state index contributed by atoms with van der Waals surface area (Å²) in [5.74, 6) is -0.991. The van der Waals surface area contributed by atoms with Crippen LogP contribution in [0.4, 0.5) is 0 Å². The Morgan fingerprint density at radius 1 is 1.73 bits per heavy atom. The molecule has 11 heavy (non-hydrogen) atoms. The van der Waals surface area contributed by atoms with Gasteiger partial charge in [0.1, 0.15) is 6.04 Å². The maximum atomic E-state index is 10.3. The van der Waals surface area contributed by atoms with Crippen molar-refractivity contribution >= 4 is 5.97 Å². The molecule has 0 aromatic rings. The van der Waals surface area contributed by atoms with Gasteiger partial charge in [0.2, 0.25) is 0 Å². The van der Waals surface area contributed by atoms with Gasteiger partial charge in [0.05, 0.1) is 5.60 Å². The van der Waals surface area contributed by atoms with Crippen molar-refractivity contribution in [3.63, 3.8) is 0 Å². The molecule has 0 aliphatic carbocycles. The molecule has 0 aromatic heterocycles. The predicted octanol–water partition coefficient (Wildman–Crippen LogP) is 0.213. The second-order valence-corrected chi connectivity index (χ2v) is 3.11. The smallest absolute Gasteiger partial charge is 0.320 e. The summed E-state index contributed by atoms with van der Waals surface area (Å²) in [6, 6.07) is -0.843. The monoisotopic (exact) mass is 161 g/mol. The van der Waals surface area contributed by atoms with Gasteiger partial charge in [0.15, 0.2) is 0 Å². The molecule has 4 heteroatoms. The number of rotatable bonds is 4. The summed E-state index contributed by atoms with van der Waals surface area (Å²) in [6.07, 6.45) is 0.318. The van der Waals surface area contributed by atoms with Crippen molar-refractivity contribution in [2.24, 2.45) is 5.73 Å². The number of carboxylic acid groups (broad SMARTS) is 1. The summed E-state index contributed by atoms with van der Waals surface area (Å²) in [6.45, 7) is 3.60. The highest BCUT2D eigenvalue weighted by Gasteiger charge is 2.24. The third-order valence-electron chi connectivity index (χ3n) is 1.58. The van der Waals surface area contributed by atoms with Crippen LogP contribution in [0.1, 0.15) is 20.3 Å². The normalized spacial score (nSPS) is 14.5. The van der Waals surface area contributed by atoms with Crippen LogP contribution in [0, 0.1) is 0 Å². The molecule has 0 aliphatic heterocycles. The van der Waals surface area contributed by atoms with Crippen LogP contribution in [0.5, 0.6) is 0 Å². The fourth-order valence-corrected chi connectivity index (χ4v) is 0.700. The second kappa shape index (κ2) is 3.69. The van der Waals surface area contributed by atoms with E-state index in [4.69, 9.17) is 15.6 Å². The zero-order valence-corrected chi connectivity index (χ0v) is 7.13. The summed E-state index contributed by atoms with van der Waals surface area (Å²) >= 11 is 0. The first-order valence-corrected chi connectivity index (χ1v) is 3.42. The average molecular weight is 161 g/mol. The predicted molar refractivity (Wildman–Crippen MR) is 41.3 cm³/mol. The van der Waals surface area contributed by atoms with E-state index >= 15 is 0 Å². The van der Waals surface area contributed by atoms with Gasteiger partial charge in [-0.05, 0) is 13.8 Å². The van der Waals surface area contributed by atoms with Gasteiger partial charge in [0.25, 0.3) is 0 Å². The minimum absolute atomic E-state index is 0.318. The lowest BCUT2D eigenvalue weighted by Crippen LogP contribution is -2.38. The second-order valence-electron chi connectivity index (χ2n) is 3.11. The van der Waals surface area contributed by atoms with Crippen LogP contribution in [0.25, 0.3) is 0 Å². The van der Waals surface area contributed by atoms with Gasteiger partial charge in [-0.2, -0.15) is 0 Å². The molecule has 3 N–H and O–H groups in total. The number of carbonyl (C=O) groups is 1. The maximum Gasteiger partial charge on any atom is 0.320 e. The van der Waals surface area contributed by atoms with Gasteiger partial charge in [-0.1, -0.05) is 0 Å². The molecule has 0 bridgehead atoms. The Morgan fingerprint density at radius 3 is 2.45 bits per heavy atom. The molecule has 1 atom stereocenters. The average Bonchev–Trinajstić information content (AvgIpc) is 1.87. The van der Waals surface area contributed by atoms with Crippen LogP contribution < -0.4 is 5.73 Å². The van der Waals surface area contributed by atoms with Crippen molar-refractivity contribution in [2.75, 3.05) is 7.11 Å². The number of ether oxygens (including phenoxy) is 1. The van der Waals surface area contributed by atoms with E-state index in [1.54, 1.807) is 13.8 Å². The lowest BCUT2D eigenvalue weighted by Gasteiger charge is -2.24. The molecular weight excluding hydrogens is 146 g/mol. The summed E-state index contributed by atoms with van der Waals surface area (Å²) in [4.78, 5) is 10.3. The minimum atomic E-state index is -0.991. The lowest BCUT2D eigenvalue weighted by atomic mass is 10.00. The van der Waals surface area contributed by atoms with Crippen molar-refractivity contribution in [3.05, 3.63) is 0 Å². The molecule has 0 aromatic carbocycles. The summed E-state index contributed by atoms with van der Waals surface area (Å²) in [5.41, 5.74) is 4.84. The molecule has 0 radical (unpaired) electrons. The van der Waals surface area contributed by atoms with Crippen molar-refractivity contribution < 1.29 is 14.6 Å². The topological polar surface area (TPSA) is 72.5 Å². The molecule has 0 spiro atoms. The summed E-state index contributed by atoms with van der Waals surface area (Å²) < 4.78 is 5.02. The van der Waals surface area contributed by atoms with Gasteiger partial charge in [0, 0.05) is 13.5 Å². The van der Waals surface area contributed by atoms with Crippen molar-refractivity contribution in [1.82, 2.24) is 0 Å². The van der Waals surface area contributed by atoms with E-state index in [0.29, 0.717) is 6.42 Å². The summed E-state index contributed by atoms with van der Waals surface area (Å²) in [7, 11) is 1.54. The molecule has 1 unspecified atom stereocenters. The van der Waals surface area contributed by atoms with E-state index in [1.165, 1.54) is 7.11 Å². The zero-order valence-electron chi connectivity index (χ0n) is 7.13. The number of aliphatic carboxylic acids is 1. The highest BCUT2D eigenvalue weighted by molar-refractivity contribution is 5.73. The van der Waals surface area contributed by atoms with E-state index in [1.807, 2.05) is 0 Å². The van der Waals surface area contributed by atoms with Crippen LogP contribution in [-0.2, 0) is 9.53 Å². The van der Waals surface area contributed by atoms with Crippen LogP contribution in [-0.4, -0.2) is 29.8 Å². The first-order chi connectivity index (χ1) is 4.89. The molecule has 0 amide bonds. The molecule has 0 heterocycles. The molecule has 0 aliphatic rings. The van der Waals surface area contributed by atoms with Gasteiger partial charge in [-0.25, -0.2) is 0 Å². The van der Waals surface area contributed by atoms with E-state index in [2.05, 4.69) is 0 Å². The van der Waals surface area contributed by atoms with Crippen LogP contribution in [0.15, 0.2) is 0 Å². The highest BCUT2D eigenvalue weighted by Crippen LogP contribution is 2.14. The molecule has 66 valence electrons. The van der Waals surface area contributed by atoms with Crippen LogP contribution in [0.3, 0.4) is 0 Å². The van der Waals surface area contributed by atoms with Crippen molar-refractivity contribution in [1.29, 1.82) is 0 Å². The van der Waals surface area contributed by atoms with Gasteiger partial charge < -0.3 is 15.6 Å². The van der Waals surface area contributed by atoms with Gasteiger partial charge in [-0.3, -0.25) is 4.79 Å². The Balaban J connectivity index is 3.93. The Hall–Kier alpha value is -0.610. The molecule has 0 fully saturated rings. The quantitative estimate of drug-likeness (QED) is 0.618. The maximum absolute atomic E-state index is 10.3. The fraction of sp³-hybridized carbons (Fsp3) is 0.857. The third kappa shape index (κ3) is 3.95. The van der Waals surface area contributed by atoms with E-state index in [9.17, 15) is 4.79 Å². The molecule has 0 rings (SSSR count). The molecule has 0 saturated carbocycles. The van der Waals surface area contributed by atoms with E-state index < -0.39 is 17.6 Å². The van der Waals surface area contributed by atoms with Crippen molar-refractivity contribution in [2.45, 2.75) is 31.9 Å². The number of nitrogens with two attached hydrogens (primary N) is 1. The summed E-state index contributed by atoms with van der Waals surface area (Å²) in [5, 5.41) is 8.46. The Labute approximate surface area is 66.3 Å². The number of hydrogen-bond acceptors (Lipinski definition) is 3. The number of carboxylic acids is 1. The van der Waals surface area contributed by atoms with Crippen molar-refractivity contribution in [3.8, 4) is 0 Å². The SMILES string of the molecule is COC(C)(C)CC(N)C(=O)O. The zero-order chi connectivity index (χ0) is 9.07. The van der Waals surface area contributed by atoms with E-state index in [0.717, 1.165) is 0 Å². The van der Waals surface area contributed by atoms with Gasteiger partial charge in [-0.15, -0.1) is 0 Å². The fourth-order valence-electron chi connectivity index (χ4n) is 0.700. The Kier molecular flexibility index (Phi) is 3.48. The highest BCUT2D eigenvalue weighted by atomic mass is 16.5. The molecular formula is C7H15NO3. The number of methoxy groups -OCH3 is 1. The van der Waals surface area contributed by atoms with Crippen LogP contribution in [0.2, 0.25) is 0 Å². The standard InChI is InChI=1S/C7H15NO3/c1-7(2,11-3)4-5(8)6(9)10/h5H,4,8H2,1-3H3,(H,9,10). The Morgan fingerprint density at radius 2 is 2.18 bits per heavy atom. The first-order valence-electron chi connectivity index (χ1n) is 3.42. The van der Waals surface area contributed by atoms with Gasteiger partial charge >= 0.3 is 5.97 Å².